The molecule has 0 radical (unpaired) electrons. The minimum absolute atomic E-state index is 0.0436. The number of benzene rings is 3. The third kappa shape index (κ3) is 5.65. The van der Waals surface area contributed by atoms with Crippen LogP contribution in [0.15, 0.2) is 95.9 Å². The first-order valence-electron chi connectivity index (χ1n) is 12.6. The number of carbonyl (C=O) groups excluding carboxylic acids is 1. The Labute approximate surface area is 210 Å². The van der Waals surface area contributed by atoms with E-state index in [2.05, 4.69) is 29.6 Å². The van der Waals surface area contributed by atoms with E-state index in [0.717, 1.165) is 54.9 Å². The Kier molecular flexibility index (Phi) is 7.60. The third-order valence-corrected chi connectivity index (χ3v) is 8.68. The number of likely N-dealkylation sites (tertiary alicyclic amines) is 1. The zero-order valence-corrected chi connectivity index (χ0v) is 20.8. The van der Waals surface area contributed by atoms with Crippen LogP contribution in [0.1, 0.15) is 37.3 Å². The standard InChI is InChI=1S/C29H33N3O2S/c33-29(31-20-18-26(19-21-31)30-25-12-6-2-7-13-25)24-16-17-28(23-10-4-1-5-11-23)32(22-24)35(34)27-14-8-3-9-15-27/h1-15,24,26,28,30H,16-22H2/t24-,28?,35?/m1/s1. The highest BCUT2D eigenvalue weighted by atomic mass is 32.2. The van der Waals surface area contributed by atoms with Crippen molar-refractivity contribution in [1.29, 1.82) is 0 Å². The monoisotopic (exact) mass is 487 g/mol. The molecule has 2 aliphatic heterocycles. The van der Waals surface area contributed by atoms with Gasteiger partial charge in [-0.1, -0.05) is 66.7 Å². The molecule has 2 aliphatic rings. The number of hydrogen-bond donors (Lipinski definition) is 1. The topological polar surface area (TPSA) is 52.7 Å². The normalized spacial score (nSPS) is 22.5. The van der Waals surface area contributed by atoms with E-state index in [1.165, 1.54) is 0 Å². The second-order valence-electron chi connectivity index (χ2n) is 9.47. The highest BCUT2D eigenvalue weighted by Gasteiger charge is 2.38. The van der Waals surface area contributed by atoms with E-state index in [0.29, 0.717) is 12.6 Å². The second-order valence-corrected chi connectivity index (χ2v) is 10.9. The number of hydrogen-bond acceptors (Lipinski definition) is 3. The van der Waals surface area contributed by atoms with Crippen molar-refractivity contribution in [3.63, 3.8) is 0 Å². The lowest BCUT2D eigenvalue weighted by Crippen LogP contribution is -2.49. The maximum atomic E-state index is 13.6. The molecule has 0 aliphatic carbocycles. The lowest BCUT2D eigenvalue weighted by molar-refractivity contribution is -0.138. The SMILES string of the molecule is O=C([C@@H]1CCC(c2ccccc2)N(S(=O)c2ccccc2)C1)N1CCC(Nc2ccccc2)CC1. The molecule has 1 N–H and O–H groups in total. The molecular weight excluding hydrogens is 454 g/mol. The summed E-state index contributed by atoms with van der Waals surface area (Å²) in [4.78, 5) is 16.4. The summed E-state index contributed by atoms with van der Waals surface area (Å²) in [5, 5.41) is 3.60. The summed E-state index contributed by atoms with van der Waals surface area (Å²) in [6, 6.07) is 30.6. The Morgan fingerprint density at radius 2 is 1.37 bits per heavy atom. The molecule has 35 heavy (non-hydrogen) atoms. The molecule has 0 bridgehead atoms. The van der Waals surface area contributed by atoms with E-state index in [-0.39, 0.29) is 17.9 Å². The average molecular weight is 488 g/mol. The van der Waals surface area contributed by atoms with Crippen molar-refractivity contribution < 1.29 is 9.00 Å². The molecule has 2 saturated heterocycles. The molecule has 0 saturated carbocycles. The zero-order chi connectivity index (χ0) is 24.0. The first-order chi connectivity index (χ1) is 17.2. The van der Waals surface area contributed by atoms with E-state index in [4.69, 9.17) is 0 Å². The van der Waals surface area contributed by atoms with Crippen molar-refractivity contribution in [1.82, 2.24) is 9.21 Å². The predicted molar refractivity (Wildman–Crippen MR) is 141 cm³/mol. The molecule has 5 nitrogen and oxygen atoms in total. The third-order valence-electron chi connectivity index (χ3n) is 7.18. The van der Waals surface area contributed by atoms with Crippen LogP contribution in [0.5, 0.6) is 0 Å². The van der Waals surface area contributed by atoms with Gasteiger partial charge in [-0.2, -0.15) is 0 Å². The van der Waals surface area contributed by atoms with Crippen molar-refractivity contribution in [3.05, 3.63) is 96.6 Å². The molecule has 2 heterocycles. The van der Waals surface area contributed by atoms with Crippen LogP contribution in [0, 0.1) is 5.92 Å². The molecule has 3 atom stereocenters. The number of amides is 1. The summed E-state index contributed by atoms with van der Waals surface area (Å²) < 4.78 is 15.7. The van der Waals surface area contributed by atoms with Crippen molar-refractivity contribution in [2.45, 2.75) is 42.7 Å². The first-order valence-corrected chi connectivity index (χ1v) is 13.7. The van der Waals surface area contributed by atoms with Crippen LogP contribution in [0.4, 0.5) is 5.69 Å². The number of carbonyl (C=O) groups is 1. The van der Waals surface area contributed by atoms with E-state index < -0.39 is 11.0 Å². The van der Waals surface area contributed by atoms with Gasteiger partial charge in [0, 0.05) is 37.4 Å². The maximum Gasteiger partial charge on any atom is 0.227 e. The van der Waals surface area contributed by atoms with Gasteiger partial charge in [0.05, 0.1) is 10.8 Å². The summed E-state index contributed by atoms with van der Waals surface area (Å²) in [7, 11) is -1.32. The van der Waals surface area contributed by atoms with Crippen LogP contribution in [0.3, 0.4) is 0 Å². The predicted octanol–water partition coefficient (Wildman–Crippen LogP) is 5.27. The molecule has 3 aromatic carbocycles. The highest BCUT2D eigenvalue weighted by molar-refractivity contribution is 7.82. The summed E-state index contributed by atoms with van der Waals surface area (Å²) in [6.45, 7) is 2.05. The Hall–Kier alpha value is -2.96. The molecule has 5 rings (SSSR count). The average Bonchev–Trinajstić information content (AvgIpc) is 2.94. The van der Waals surface area contributed by atoms with Gasteiger partial charge in [0.15, 0.2) is 0 Å². The van der Waals surface area contributed by atoms with Gasteiger partial charge in [-0.05, 0) is 55.5 Å². The number of para-hydroxylation sites is 1. The van der Waals surface area contributed by atoms with Crippen molar-refractivity contribution >= 4 is 22.6 Å². The Morgan fingerprint density at radius 3 is 2.03 bits per heavy atom. The summed E-state index contributed by atoms with van der Waals surface area (Å²) in [5.41, 5.74) is 2.30. The molecule has 182 valence electrons. The van der Waals surface area contributed by atoms with Gasteiger partial charge in [-0.3, -0.25) is 4.79 Å². The molecule has 2 unspecified atom stereocenters. The van der Waals surface area contributed by atoms with Gasteiger partial charge in [-0.25, -0.2) is 8.51 Å². The molecule has 0 spiro atoms. The van der Waals surface area contributed by atoms with Crippen LogP contribution >= 0.6 is 0 Å². The summed E-state index contributed by atoms with van der Waals surface area (Å²) in [6.07, 6.45) is 3.54. The highest BCUT2D eigenvalue weighted by Crippen LogP contribution is 2.37. The minimum Gasteiger partial charge on any atom is -0.382 e. The fraction of sp³-hybridized carbons (Fsp3) is 0.345. The van der Waals surface area contributed by atoms with Gasteiger partial charge in [0.2, 0.25) is 5.91 Å². The van der Waals surface area contributed by atoms with E-state index in [1.807, 2.05) is 75.9 Å². The number of anilines is 1. The van der Waals surface area contributed by atoms with Crippen LogP contribution in [-0.4, -0.2) is 45.0 Å². The fourth-order valence-electron chi connectivity index (χ4n) is 5.28. The Bertz CT molecular complexity index is 1120. The number of nitrogens with one attached hydrogen (secondary N) is 1. The van der Waals surface area contributed by atoms with Crippen molar-refractivity contribution in [2.75, 3.05) is 25.0 Å². The summed E-state index contributed by atoms with van der Waals surface area (Å²) >= 11 is 0. The Morgan fingerprint density at radius 1 is 0.771 bits per heavy atom. The smallest absolute Gasteiger partial charge is 0.227 e. The van der Waals surface area contributed by atoms with E-state index in [9.17, 15) is 9.00 Å². The van der Waals surface area contributed by atoms with Crippen LogP contribution in [0.2, 0.25) is 0 Å². The van der Waals surface area contributed by atoms with Gasteiger partial charge in [-0.15, -0.1) is 0 Å². The second kappa shape index (κ2) is 11.2. The Balaban J connectivity index is 1.26. The van der Waals surface area contributed by atoms with E-state index in [1.54, 1.807) is 0 Å². The number of rotatable bonds is 6. The lowest BCUT2D eigenvalue weighted by Gasteiger charge is -2.41. The van der Waals surface area contributed by atoms with E-state index >= 15 is 0 Å². The van der Waals surface area contributed by atoms with Crippen molar-refractivity contribution in [3.8, 4) is 0 Å². The largest absolute Gasteiger partial charge is 0.382 e. The molecule has 2 fully saturated rings. The molecule has 6 heteroatoms. The van der Waals surface area contributed by atoms with Gasteiger partial charge >= 0.3 is 0 Å². The van der Waals surface area contributed by atoms with Gasteiger partial charge < -0.3 is 10.2 Å². The van der Waals surface area contributed by atoms with Gasteiger partial charge in [0.25, 0.3) is 0 Å². The molecule has 1 amide bonds. The van der Waals surface area contributed by atoms with Crippen molar-refractivity contribution in [2.24, 2.45) is 5.92 Å². The molecule has 0 aromatic heterocycles. The molecular formula is C29H33N3O2S. The number of piperidine rings is 2. The molecule has 3 aromatic rings. The fourth-order valence-corrected chi connectivity index (χ4v) is 6.71. The van der Waals surface area contributed by atoms with Gasteiger partial charge in [0.1, 0.15) is 11.0 Å². The minimum atomic E-state index is -1.32. The van der Waals surface area contributed by atoms with Crippen LogP contribution < -0.4 is 5.32 Å². The lowest BCUT2D eigenvalue weighted by atomic mass is 9.89. The number of nitrogens with zero attached hydrogens (tertiary/aromatic N) is 2. The van der Waals surface area contributed by atoms with Crippen LogP contribution in [-0.2, 0) is 15.8 Å². The summed E-state index contributed by atoms with van der Waals surface area (Å²) in [5.74, 6) is 0.0889. The maximum absolute atomic E-state index is 13.6. The quantitative estimate of drug-likeness (QED) is 0.516. The van der Waals surface area contributed by atoms with Crippen LogP contribution in [0.25, 0.3) is 0 Å². The first kappa shape index (κ1) is 23.8. The zero-order valence-electron chi connectivity index (χ0n) is 20.0.